The van der Waals surface area contributed by atoms with Gasteiger partial charge >= 0.3 is 5.97 Å². The molecule has 0 aromatic rings. The quantitative estimate of drug-likeness (QED) is 0.810. The molecule has 1 aliphatic carbocycles. The molecule has 1 aliphatic heterocycles. The Balaban J connectivity index is 2.01. The summed E-state index contributed by atoms with van der Waals surface area (Å²) in [7, 11) is 0. The van der Waals surface area contributed by atoms with E-state index in [9.17, 15) is 14.7 Å². The van der Waals surface area contributed by atoms with Crippen molar-refractivity contribution in [2.75, 3.05) is 5.75 Å². The zero-order valence-electron chi connectivity index (χ0n) is 13.0. The lowest BCUT2D eigenvalue weighted by atomic mass is 9.87. The fourth-order valence-corrected chi connectivity index (χ4v) is 4.62. The second-order valence-corrected chi connectivity index (χ2v) is 8.60. The van der Waals surface area contributed by atoms with Crippen molar-refractivity contribution in [1.82, 2.24) is 4.90 Å². The molecule has 1 amide bonds. The Labute approximate surface area is 130 Å². The van der Waals surface area contributed by atoms with Gasteiger partial charge in [0, 0.05) is 18.2 Å². The minimum atomic E-state index is -0.900. The minimum absolute atomic E-state index is 0.0421. The Bertz CT molecular complexity index is 418. The molecule has 3 N–H and O–H groups in total. The minimum Gasteiger partial charge on any atom is -0.480 e. The smallest absolute Gasteiger partial charge is 0.327 e. The summed E-state index contributed by atoms with van der Waals surface area (Å²) in [5, 5.41) is 9.38. The van der Waals surface area contributed by atoms with Crippen molar-refractivity contribution in [3.63, 3.8) is 0 Å². The van der Waals surface area contributed by atoms with Gasteiger partial charge in [0.15, 0.2) is 0 Å². The number of nitrogens with zero attached hydrogens (tertiary/aromatic N) is 1. The van der Waals surface area contributed by atoms with Gasteiger partial charge in [-0.3, -0.25) is 4.79 Å². The largest absolute Gasteiger partial charge is 0.480 e. The molecule has 3 atom stereocenters. The zero-order chi connectivity index (χ0) is 15.8. The fraction of sp³-hybridized carbons (Fsp3) is 0.867. The number of hydrogen-bond donors (Lipinski definition) is 2. The normalized spacial score (nSPS) is 27.7. The predicted octanol–water partition coefficient (Wildman–Crippen LogP) is 1.90. The fourth-order valence-electron chi connectivity index (χ4n) is 2.97. The number of amides is 1. The standard InChI is InChI=1S/C15H26N2O3S/c1-15(2,3)7-10(16)6-12(18)17-11(14(19)20)8-21-13(17)9-4-5-9/h9-11,13H,4-8,16H2,1-3H3,(H,19,20). The van der Waals surface area contributed by atoms with Gasteiger partial charge in [-0.2, -0.15) is 0 Å². The summed E-state index contributed by atoms with van der Waals surface area (Å²) in [6.45, 7) is 6.28. The summed E-state index contributed by atoms with van der Waals surface area (Å²) < 4.78 is 0. The van der Waals surface area contributed by atoms with E-state index in [-0.39, 0.29) is 29.2 Å². The molecule has 1 saturated heterocycles. The van der Waals surface area contributed by atoms with E-state index in [1.807, 2.05) is 0 Å². The first-order chi connectivity index (χ1) is 9.69. The van der Waals surface area contributed by atoms with Crippen LogP contribution in [-0.2, 0) is 9.59 Å². The van der Waals surface area contributed by atoms with Crippen LogP contribution in [0.15, 0.2) is 0 Å². The summed E-state index contributed by atoms with van der Waals surface area (Å²) in [6, 6.07) is -0.896. The Morgan fingerprint density at radius 1 is 1.38 bits per heavy atom. The van der Waals surface area contributed by atoms with Crippen LogP contribution in [0, 0.1) is 11.3 Å². The van der Waals surface area contributed by atoms with Crippen molar-refractivity contribution < 1.29 is 14.7 Å². The van der Waals surface area contributed by atoms with Gasteiger partial charge in [-0.1, -0.05) is 20.8 Å². The van der Waals surface area contributed by atoms with Gasteiger partial charge in [0.05, 0.1) is 5.37 Å². The lowest BCUT2D eigenvalue weighted by Crippen LogP contribution is -2.48. The van der Waals surface area contributed by atoms with E-state index in [0.717, 1.165) is 19.3 Å². The number of carboxylic acids is 1. The molecule has 2 rings (SSSR count). The van der Waals surface area contributed by atoms with Crippen molar-refractivity contribution in [3.05, 3.63) is 0 Å². The molecule has 5 nitrogen and oxygen atoms in total. The first kappa shape index (κ1) is 16.6. The molecule has 1 saturated carbocycles. The number of rotatable bonds is 5. The third-order valence-corrected chi connectivity index (χ3v) is 5.41. The third kappa shape index (κ3) is 4.36. The molecular formula is C15H26N2O3S. The number of aliphatic carboxylic acids is 1. The van der Waals surface area contributed by atoms with Crippen molar-refractivity contribution >= 4 is 23.6 Å². The SMILES string of the molecule is CC(C)(C)CC(N)CC(=O)N1C(C(=O)O)CSC1C1CC1. The number of carbonyl (C=O) groups excluding carboxylic acids is 1. The van der Waals surface area contributed by atoms with E-state index in [1.165, 1.54) is 0 Å². The topological polar surface area (TPSA) is 83.6 Å². The van der Waals surface area contributed by atoms with E-state index in [4.69, 9.17) is 5.73 Å². The maximum absolute atomic E-state index is 12.6. The zero-order valence-corrected chi connectivity index (χ0v) is 13.9. The Kier molecular flexibility index (Phi) is 4.88. The van der Waals surface area contributed by atoms with Crippen LogP contribution in [0.1, 0.15) is 46.5 Å². The molecule has 0 spiro atoms. The molecule has 0 aromatic carbocycles. The van der Waals surface area contributed by atoms with Gasteiger partial charge in [-0.05, 0) is 30.6 Å². The molecule has 2 fully saturated rings. The van der Waals surface area contributed by atoms with Crippen LogP contribution < -0.4 is 5.73 Å². The number of nitrogens with two attached hydrogens (primary N) is 1. The third-order valence-electron chi connectivity index (χ3n) is 3.94. The van der Waals surface area contributed by atoms with Crippen molar-refractivity contribution in [1.29, 1.82) is 0 Å². The number of thioether (sulfide) groups is 1. The van der Waals surface area contributed by atoms with Crippen LogP contribution in [0.3, 0.4) is 0 Å². The van der Waals surface area contributed by atoms with Gasteiger partial charge in [0.1, 0.15) is 6.04 Å². The molecule has 3 unspecified atom stereocenters. The van der Waals surface area contributed by atoms with Crippen LogP contribution in [0.5, 0.6) is 0 Å². The summed E-state index contributed by atoms with van der Waals surface area (Å²) in [4.78, 5) is 25.6. The highest BCUT2D eigenvalue weighted by Gasteiger charge is 2.48. The van der Waals surface area contributed by atoms with Crippen LogP contribution in [0.4, 0.5) is 0 Å². The summed E-state index contributed by atoms with van der Waals surface area (Å²) in [6.07, 6.45) is 3.19. The highest BCUT2D eigenvalue weighted by molar-refractivity contribution is 8.00. The Hall–Kier alpha value is -0.750. The maximum atomic E-state index is 12.6. The first-order valence-corrected chi connectivity index (χ1v) is 8.65. The average molecular weight is 314 g/mol. The molecule has 2 aliphatic rings. The lowest BCUT2D eigenvalue weighted by Gasteiger charge is -2.30. The predicted molar refractivity (Wildman–Crippen MR) is 83.9 cm³/mol. The highest BCUT2D eigenvalue weighted by atomic mass is 32.2. The molecule has 21 heavy (non-hydrogen) atoms. The van der Waals surface area contributed by atoms with Crippen molar-refractivity contribution in [2.24, 2.45) is 17.1 Å². The molecule has 0 radical (unpaired) electrons. The van der Waals surface area contributed by atoms with E-state index in [0.29, 0.717) is 11.7 Å². The van der Waals surface area contributed by atoms with Gasteiger partial charge in [0.2, 0.25) is 5.91 Å². The molecule has 0 bridgehead atoms. The number of carboxylic acid groups (broad SMARTS) is 1. The van der Waals surface area contributed by atoms with E-state index in [2.05, 4.69) is 20.8 Å². The first-order valence-electron chi connectivity index (χ1n) is 7.60. The molecule has 0 aromatic heterocycles. The molecule has 6 heteroatoms. The van der Waals surface area contributed by atoms with Crippen LogP contribution in [0.25, 0.3) is 0 Å². The molecule has 1 heterocycles. The summed E-state index contributed by atoms with van der Waals surface area (Å²) >= 11 is 1.61. The maximum Gasteiger partial charge on any atom is 0.327 e. The number of carbonyl (C=O) groups is 2. The van der Waals surface area contributed by atoms with Crippen molar-refractivity contribution in [2.45, 2.75) is 63.9 Å². The highest BCUT2D eigenvalue weighted by Crippen LogP contribution is 2.45. The monoisotopic (exact) mass is 314 g/mol. The van der Waals surface area contributed by atoms with Crippen molar-refractivity contribution in [3.8, 4) is 0 Å². The van der Waals surface area contributed by atoms with E-state index < -0.39 is 12.0 Å². The van der Waals surface area contributed by atoms with Crippen LogP contribution in [0.2, 0.25) is 0 Å². The Morgan fingerprint density at radius 3 is 2.48 bits per heavy atom. The van der Waals surface area contributed by atoms with E-state index >= 15 is 0 Å². The van der Waals surface area contributed by atoms with Gasteiger partial charge < -0.3 is 15.7 Å². The average Bonchev–Trinajstić information content (AvgIpc) is 3.04. The van der Waals surface area contributed by atoms with Crippen LogP contribution in [-0.4, -0.2) is 45.1 Å². The second-order valence-electron chi connectivity index (χ2n) is 7.45. The van der Waals surface area contributed by atoms with Gasteiger partial charge in [-0.15, -0.1) is 11.8 Å². The Morgan fingerprint density at radius 2 is 2.00 bits per heavy atom. The number of hydrogen-bond acceptors (Lipinski definition) is 4. The van der Waals surface area contributed by atoms with E-state index in [1.54, 1.807) is 16.7 Å². The summed E-state index contributed by atoms with van der Waals surface area (Å²) in [5.41, 5.74) is 6.16. The van der Waals surface area contributed by atoms with Crippen LogP contribution >= 0.6 is 11.8 Å². The second kappa shape index (κ2) is 6.16. The summed E-state index contributed by atoms with van der Waals surface area (Å²) in [5.74, 6) is -0.0249. The van der Waals surface area contributed by atoms with Gasteiger partial charge in [0.25, 0.3) is 0 Å². The molecule has 120 valence electrons. The van der Waals surface area contributed by atoms with Gasteiger partial charge in [-0.25, -0.2) is 4.79 Å². The molecular weight excluding hydrogens is 288 g/mol. The lowest BCUT2D eigenvalue weighted by molar-refractivity contribution is -0.149.